The number of amides is 2. The largest absolute Gasteiger partial charge is 0.443 e. The zero-order valence-corrected chi connectivity index (χ0v) is 27.3. The molecule has 4 aromatic heterocycles. The molecule has 0 aliphatic carbocycles. The molecule has 0 atom stereocenters. The summed E-state index contributed by atoms with van der Waals surface area (Å²) in [5.74, 6) is 0.0584. The Morgan fingerprint density at radius 1 is 1.13 bits per heavy atom. The molecule has 0 aromatic carbocycles. The molecule has 0 spiro atoms. The lowest BCUT2D eigenvalue weighted by molar-refractivity contribution is -0.133. The monoisotopic (exact) mass is 678 g/mol. The Balaban J connectivity index is 1.28. The quantitative estimate of drug-likeness (QED) is 0.286. The van der Waals surface area contributed by atoms with Crippen LogP contribution in [0.2, 0.25) is 0 Å². The third-order valence-electron chi connectivity index (χ3n) is 7.89. The number of halogens is 1. The number of carbonyl (C=O) groups is 2. The van der Waals surface area contributed by atoms with Crippen molar-refractivity contribution in [2.24, 2.45) is 0 Å². The number of fused-ring (bicyclic) bond motifs is 1. The SMILES string of the molecule is CN1CCN(C(=O)Cn2cc(N(C(=O)OC(C)(C)C)c3nc4c(N5CC(CC#N)(n6cc(Br)cn6)C5)cccn4n3)cn2)CC1. The van der Waals surface area contributed by atoms with Crippen LogP contribution in [0.15, 0.2) is 47.6 Å². The highest BCUT2D eigenvalue weighted by atomic mass is 79.9. The van der Waals surface area contributed by atoms with Crippen LogP contribution in [0.25, 0.3) is 5.65 Å². The van der Waals surface area contributed by atoms with E-state index in [4.69, 9.17) is 9.72 Å². The number of pyridine rings is 1. The lowest BCUT2D eigenvalue weighted by Gasteiger charge is -2.50. The predicted molar refractivity (Wildman–Crippen MR) is 168 cm³/mol. The van der Waals surface area contributed by atoms with E-state index in [9.17, 15) is 14.9 Å². The molecule has 4 aromatic rings. The summed E-state index contributed by atoms with van der Waals surface area (Å²) in [6, 6.07) is 6.09. The van der Waals surface area contributed by atoms with E-state index in [-0.39, 0.29) is 18.4 Å². The minimum atomic E-state index is -0.782. The smallest absolute Gasteiger partial charge is 0.422 e. The minimum Gasteiger partial charge on any atom is -0.443 e. The number of anilines is 3. The molecular weight excluding hydrogens is 644 g/mol. The van der Waals surface area contributed by atoms with Gasteiger partial charge in [0.1, 0.15) is 17.7 Å². The van der Waals surface area contributed by atoms with Crippen molar-refractivity contribution in [3.8, 4) is 6.07 Å². The highest BCUT2D eigenvalue weighted by Gasteiger charge is 2.46. The molecule has 2 aliphatic heterocycles. The maximum absolute atomic E-state index is 13.6. The number of likely N-dealkylation sites (N-methyl/N-ethyl adjacent to an activating group) is 1. The first-order valence-electron chi connectivity index (χ1n) is 14.6. The molecule has 45 heavy (non-hydrogen) atoms. The van der Waals surface area contributed by atoms with E-state index in [1.807, 2.05) is 35.0 Å². The summed E-state index contributed by atoms with van der Waals surface area (Å²) < 4.78 is 11.5. The molecule has 236 valence electrons. The normalized spacial score (nSPS) is 16.8. The van der Waals surface area contributed by atoms with Crippen LogP contribution in [-0.2, 0) is 21.6 Å². The third-order valence-corrected chi connectivity index (χ3v) is 8.30. The first-order chi connectivity index (χ1) is 21.4. The van der Waals surface area contributed by atoms with Crippen molar-refractivity contribution in [1.29, 1.82) is 5.26 Å². The number of rotatable bonds is 7. The van der Waals surface area contributed by atoms with Gasteiger partial charge in [0.25, 0.3) is 5.95 Å². The van der Waals surface area contributed by atoms with Crippen LogP contribution in [0, 0.1) is 11.3 Å². The first kappa shape index (κ1) is 30.5. The second-order valence-corrected chi connectivity index (χ2v) is 13.4. The summed E-state index contributed by atoms with van der Waals surface area (Å²) in [5, 5.41) is 23.0. The fourth-order valence-corrected chi connectivity index (χ4v) is 5.85. The number of aromatic nitrogens is 7. The number of nitriles is 1. The summed E-state index contributed by atoms with van der Waals surface area (Å²) >= 11 is 3.45. The van der Waals surface area contributed by atoms with Crippen molar-refractivity contribution in [1.82, 2.24) is 44.0 Å². The Morgan fingerprint density at radius 3 is 2.56 bits per heavy atom. The number of hydrogen-bond donors (Lipinski definition) is 0. The number of ether oxygens (including phenoxy) is 1. The second kappa shape index (κ2) is 11.8. The van der Waals surface area contributed by atoms with Crippen molar-refractivity contribution in [2.75, 3.05) is 56.1 Å². The van der Waals surface area contributed by atoms with Crippen LogP contribution in [0.3, 0.4) is 0 Å². The van der Waals surface area contributed by atoms with Crippen molar-refractivity contribution in [3.05, 3.63) is 47.6 Å². The van der Waals surface area contributed by atoms with Crippen LogP contribution in [0.4, 0.5) is 22.1 Å². The standard InChI is InChI=1S/C29H35BrN12O3/c1-28(2,3)45-27(44)42(22-15-32-39(17-22)18-24(43)37-12-10-36(4)11-13-37)26-34-25-23(6-5-9-40(25)35-26)38-19-29(20-38,7-8-31)41-16-21(30)14-33-41/h5-6,9,14-17H,7,10-13,18-20H2,1-4H3. The maximum atomic E-state index is 13.6. The van der Waals surface area contributed by atoms with Crippen LogP contribution in [0.5, 0.6) is 0 Å². The van der Waals surface area contributed by atoms with Gasteiger partial charge in [-0.2, -0.15) is 20.4 Å². The van der Waals surface area contributed by atoms with E-state index < -0.39 is 17.2 Å². The molecule has 2 fully saturated rings. The van der Waals surface area contributed by atoms with Crippen molar-refractivity contribution in [2.45, 2.75) is 44.9 Å². The third kappa shape index (κ3) is 6.22. The van der Waals surface area contributed by atoms with Gasteiger partial charge in [-0.15, -0.1) is 5.10 Å². The number of hydrogen-bond acceptors (Lipinski definition) is 10. The van der Waals surface area contributed by atoms with Gasteiger partial charge < -0.3 is 19.4 Å². The average molecular weight is 680 g/mol. The van der Waals surface area contributed by atoms with Gasteiger partial charge in [0.05, 0.1) is 40.7 Å². The molecule has 15 nitrogen and oxygen atoms in total. The Bertz CT molecular complexity index is 1750. The Hall–Kier alpha value is -4.49. The molecule has 2 amide bonds. The molecule has 0 bridgehead atoms. The van der Waals surface area contributed by atoms with Crippen LogP contribution >= 0.6 is 15.9 Å². The summed E-state index contributed by atoms with van der Waals surface area (Å²) in [5.41, 5.74) is 0.444. The van der Waals surface area contributed by atoms with Gasteiger partial charge in [0, 0.05) is 57.9 Å². The van der Waals surface area contributed by atoms with Gasteiger partial charge in [0.2, 0.25) is 5.91 Å². The highest BCUT2D eigenvalue weighted by molar-refractivity contribution is 9.10. The highest BCUT2D eigenvalue weighted by Crippen LogP contribution is 2.38. The topological polar surface area (TPSA) is 146 Å². The minimum absolute atomic E-state index is 0.0402. The fraction of sp³-hybridized carbons (Fsp3) is 0.483. The lowest BCUT2D eigenvalue weighted by Crippen LogP contribution is -2.63. The van der Waals surface area contributed by atoms with E-state index in [0.717, 1.165) is 23.2 Å². The molecule has 6 heterocycles. The first-order valence-corrected chi connectivity index (χ1v) is 15.4. The molecule has 16 heteroatoms. The van der Waals surface area contributed by atoms with E-state index in [2.05, 4.69) is 47.1 Å². The van der Waals surface area contributed by atoms with Gasteiger partial charge in [-0.25, -0.2) is 14.2 Å². The number of carbonyl (C=O) groups excluding carboxylic acids is 2. The molecule has 0 radical (unpaired) electrons. The number of piperazine rings is 1. The molecule has 0 N–H and O–H groups in total. The van der Waals surface area contributed by atoms with Gasteiger partial charge in [-0.3, -0.25) is 14.2 Å². The molecule has 6 rings (SSSR count). The maximum Gasteiger partial charge on any atom is 0.422 e. The number of nitrogens with zero attached hydrogens (tertiary/aromatic N) is 12. The molecule has 0 saturated carbocycles. The molecule has 2 saturated heterocycles. The van der Waals surface area contributed by atoms with Crippen molar-refractivity contribution in [3.63, 3.8) is 0 Å². The lowest BCUT2D eigenvalue weighted by atomic mass is 9.86. The second-order valence-electron chi connectivity index (χ2n) is 12.5. The summed E-state index contributed by atoms with van der Waals surface area (Å²) in [7, 11) is 2.04. The van der Waals surface area contributed by atoms with E-state index in [1.165, 1.54) is 15.8 Å². The van der Waals surface area contributed by atoms with Gasteiger partial charge in [-0.05, 0) is 55.9 Å². The molecule has 2 aliphatic rings. The van der Waals surface area contributed by atoms with Crippen molar-refractivity contribution >= 4 is 50.9 Å². The van der Waals surface area contributed by atoms with Crippen molar-refractivity contribution < 1.29 is 14.3 Å². The van der Waals surface area contributed by atoms with Gasteiger partial charge >= 0.3 is 6.09 Å². The van der Waals surface area contributed by atoms with E-state index in [1.54, 1.807) is 43.9 Å². The zero-order chi connectivity index (χ0) is 31.9. The van der Waals surface area contributed by atoms with Crippen LogP contribution < -0.4 is 9.80 Å². The van der Waals surface area contributed by atoms with E-state index >= 15 is 0 Å². The summed E-state index contributed by atoms with van der Waals surface area (Å²) in [6.45, 7) is 9.44. The Kier molecular flexibility index (Phi) is 8.00. The van der Waals surface area contributed by atoms with Gasteiger partial charge in [0.15, 0.2) is 5.65 Å². The average Bonchev–Trinajstić information content (AvgIpc) is 3.70. The predicted octanol–water partition coefficient (Wildman–Crippen LogP) is 2.86. The zero-order valence-electron chi connectivity index (χ0n) is 25.7. The van der Waals surface area contributed by atoms with E-state index in [0.29, 0.717) is 43.9 Å². The summed E-state index contributed by atoms with van der Waals surface area (Å²) in [4.78, 5) is 38.7. The Morgan fingerprint density at radius 2 is 1.89 bits per heavy atom. The fourth-order valence-electron chi connectivity index (χ4n) is 5.56. The summed E-state index contributed by atoms with van der Waals surface area (Å²) in [6.07, 6.45) is 8.09. The van der Waals surface area contributed by atoms with Crippen LogP contribution in [0.1, 0.15) is 27.2 Å². The molecule has 0 unspecified atom stereocenters. The molecular formula is C29H35BrN12O3. The Labute approximate surface area is 268 Å². The van der Waals surface area contributed by atoms with Gasteiger partial charge in [-0.1, -0.05) is 0 Å². The van der Waals surface area contributed by atoms with Crippen LogP contribution in [-0.4, -0.2) is 108 Å².